The highest BCUT2D eigenvalue weighted by Gasteiger charge is 2.36. The highest BCUT2D eigenvalue weighted by molar-refractivity contribution is 9.10. The minimum Gasteiger partial charge on any atom is -0.507 e. The number of likely N-dealkylation sites (tertiary alicyclic amines) is 2. The highest BCUT2D eigenvalue weighted by atomic mass is 79.9. The third-order valence-electron chi connectivity index (χ3n) is 10.4. The number of anilines is 1. The Bertz CT molecular complexity index is 1440. The Hall–Kier alpha value is -3.39. The molecular formula is C35H47BrN6O6. The number of hydrogen-bond acceptors (Lipinski definition) is 8. The van der Waals surface area contributed by atoms with Gasteiger partial charge in [-0.25, -0.2) is 9.59 Å². The predicted molar refractivity (Wildman–Crippen MR) is 185 cm³/mol. The number of urea groups is 1. The van der Waals surface area contributed by atoms with Gasteiger partial charge >= 0.3 is 12.1 Å². The van der Waals surface area contributed by atoms with Crippen molar-refractivity contribution < 1.29 is 29.3 Å². The number of benzene rings is 2. The number of aliphatic hydroxyl groups excluding tert-OH is 1. The predicted octanol–water partition coefficient (Wildman–Crippen LogP) is 3.36. The lowest BCUT2D eigenvalue weighted by Crippen LogP contribution is -2.56. The summed E-state index contributed by atoms with van der Waals surface area (Å²) in [4.78, 5) is 50.7. The summed E-state index contributed by atoms with van der Waals surface area (Å²) in [5, 5.41) is 22.3. The number of carbonyl (C=O) groups is 3. The standard InChI is InChI=1S/C35H47BrN6O6/c36-29-23-25(5-6-31(29)44)24-32(33(45)40-19-17-39(18-20-40)27-8-12-38(13-9-27)21-22-43)48-35(47)41-14-10-28(11-15-41)42-16-7-26-3-1-2-4-30(26)37-34(42)46/h1-6,23,27-28,32,43-44H,7-22,24H2,(H,37,46). The number of nitrogens with one attached hydrogen (secondary N) is 1. The van der Waals surface area contributed by atoms with Crippen LogP contribution in [0.25, 0.3) is 0 Å². The molecule has 0 bridgehead atoms. The third kappa shape index (κ3) is 8.24. The molecule has 12 nitrogen and oxygen atoms in total. The topological polar surface area (TPSA) is 129 Å². The fourth-order valence-electron chi connectivity index (χ4n) is 7.53. The van der Waals surface area contributed by atoms with Crippen molar-refractivity contribution in [2.24, 2.45) is 0 Å². The van der Waals surface area contributed by atoms with Crippen LogP contribution < -0.4 is 5.32 Å². The molecule has 13 heteroatoms. The zero-order valence-corrected chi connectivity index (χ0v) is 29.0. The number of fused-ring (bicyclic) bond motifs is 1. The van der Waals surface area contributed by atoms with Crippen molar-refractivity contribution >= 4 is 39.6 Å². The first-order chi connectivity index (χ1) is 23.3. The van der Waals surface area contributed by atoms with Gasteiger partial charge in [-0.2, -0.15) is 0 Å². The molecule has 0 spiro atoms. The molecule has 0 saturated carbocycles. The van der Waals surface area contributed by atoms with E-state index in [1.807, 2.05) is 34.1 Å². The van der Waals surface area contributed by atoms with Crippen LogP contribution >= 0.6 is 15.9 Å². The average Bonchev–Trinajstić information content (AvgIpc) is 3.28. The van der Waals surface area contributed by atoms with Crippen LogP contribution in [0.5, 0.6) is 5.75 Å². The number of phenols is 1. The maximum Gasteiger partial charge on any atom is 0.410 e. The molecule has 3 fully saturated rings. The number of hydrogen-bond donors (Lipinski definition) is 3. The van der Waals surface area contributed by atoms with Gasteiger partial charge in [-0.15, -0.1) is 0 Å². The lowest BCUT2D eigenvalue weighted by Gasteiger charge is -2.43. The molecule has 48 heavy (non-hydrogen) atoms. The lowest BCUT2D eigenvalue weighted by molar-refractivity contribution is -0.143. The summed E-state index contributed by atoms with van der Waals surface area (Å²) in [6, 6.07) is 13.3. The van der Waals surface area contributed by atoms with Crippen LogP contribution in [0, 0.1) is 0 Å². The Balaban J connectivity index is 1.05. The van der Waals surface area contributed by atoms with Crippen molar-refractivity contribution in [3.8, 4) is 5.75 Å². The second kappa shape index (κ2) is 15.9. The van der Waals surface area contributed by atoms with Crippen LogP contribution in [0.1, 0.15) is 36.8 Å². The highest BCUT2D eigenvalue weighted by Crippen LogP contribution is 2.27. The van der Waals surface area contributed by atoms with Crippen LogP contribution in [0.3, 0.4) is 0 Å². The molecule has 3 saturated heterocycles. The number of aliphatic hydroxyl groups is 1. The molecular weight excluding hydrogens is 680 g/mol. The number of carbonyl (C=O) groups excluding carboxylic acids is 3. The van der Waals surface area contributed by atoms with E-state index in [9.17, 15) is 24.6 Å². The SMILES string of the molecule is O=C(OC(Cc1ccc(O)c(Br)c1)C(=O)N1CCN(C2CCN(CCO)CC2)CC1)N1CCC(N2CCc3ccccc3NC2=O)CC1. The lowest BCUT2D eigenvalue weighted by atomic mass is 10.0. The smallest absolute Gasteiger partial charge is 0.410 e. The summed E-state index contributed by atoms with van der Waals surface area (Å²) in [5.41, 5.74) is 2.74. The van der Waals surface area contributed by atoms with E-state index in [0.717, 1.165) is 68.8 Å². The third-order valence-corrected chi connectivity index (χ3v) is 11.0. The van der Waals surface area contributed by atoms with Crippen molar-refractivity contribution in [1.29, 1.82) is 0 Å². The van der Waals surface area contributed by atoms with Crippen LogP contribution in [0.15, 0.2) is 46.9 Å². The Morgan fingerprint density at radius 2 is 1.60 bits per heavy atom. The number of nitrogens with zero attached hydrogens (tertiary/aromatic N) is 5. The van der Waals surface area contributed by atoms with Crippen LogP contribution in [-0.4, -0.2) is 143 Å². The van der Waals surface area contributed by atoms with Crippen LogP contribution in [0.4, 0.5) is 15.3 Å². The van der Waals surface area contributed by atoms with Gasteiger partial charge in [0.1, 0.15) is 5.75 Å². The number of ether oxygens (including phenoxy) is 1. The molecule has 6 rings (SSSR count). The van der Waals surface area contributed by atoms with E-state index in [1.54, 1.807) is 23.1 Å². The molecule has 260 valence electrons. The van der Waals surface area contributed by atoms with E-state index in [4.69, 9.17) is 4.74 Å². The molecule has 2 aromatic rings. The van der Waals surface area contributed by atoms with E-state index < -0.39 is 12.2 Å². The van der Waals surface area contributed by atoms with Gasteiger partial charge in [0.2, 0.25) is 0 Å². The fraction of sp³-hybridized carbons (Fsp3) is 0.571. The molecule has 4 aliphatic heterocycles. The summed E-state index contributed by atoms with van der Waals surface area (Å²) >= 11 is 3.36. The van der Waals surface area contributed by atoms with E-state index in [1.165, 1.54) is 0 Å². The number of piperidine rings is 2. The molecule has 2 aromatic carbocycles. The number of β-amino-alcohol motifs (C(OH)–C–C–N with tert-alkyl or cyclic N) is 1. The minimum atomic E-state index is -1.00. The maximum absolute atomic E-state index is 14.0. The molecule has 1 unspecified atom stereocenters. The number of aromatic hydroxyl groups is 1. The van der Waals surface area contributed by atoms with Gasteiger partial charge in [-0.3, -0.25) is 9.69 Å². The monoisotopic (exact) mass is 726 g/mol. The molecule has 4 aliphatic rings. The van der Waals surface area contributed by atoms with Gasteiger partial charge < -0.3 is 39.9 Å². The second-order valence-electron chi connectivity index (χ2n) is 13.3. The largest absolute Gasteiger partial charge is 0.507 e. The number of piperazine rings is 1. The van der Waals surface area contributed by atoms with Crippen molar-refractivity contribution in [3.63, 3.8) is 0 Å². The Morgan fingerprint density at radius 3 is 2.31 bits per heavy atom. The van der Waals surface area contributed by atoms with Crippen molar-refractivity contribution in [2.45, 2.75) is 56.7 Å². The Kier molecular flexibility index (Phi) is 11.4. The summed E-state index contributed by atoms with van der Waals surface area (Å²) in [5.74, 6) is -0.109. The van der Waals surface area contributed by atoms with Gasteiger partial charge in [0.25, 0.3) is 5.91 Å². The van der Waals surface area contributed by atoms with Crippen LogP contribution in [-0.2, 0) is 22.4 Å². The molecule has 0 radical (unpaired) electrons. The van der Waals surface area contributed by atoms with Crippen LogP contribution in [0.2, 0.25) is 0 Å². The summed E-state index contributed by atoms with van der Waals surface area (Å²) < 4.78 is 6.52. The van der Waals surface area contributed by atoms with Gasteiger partial charge in [-0.05, 0) is 90.4 Å². The van der Waals surface area contributed by atoms with E-state index in [0.29, 0.717) is 56.1 Å². The quantitative estimate of drug-likeness (QED) is 0.378. The maximum atomic E-state index is 14.0. The number of amides is 4. The minimum absolute atomic E-state index is 0.00773. The average molecular weight is 728 g/mol. The number of halogens is 1. The van der Waals surface area contributed by atoms with Crippen molar-refractivity contribution in [1.82, 2.24) is 24.5 Å². The van der Waals surface area contributed by atoms with Crippen molar-refractivity contribution in [3.05, 3.63) is 58.1 Å². The van der Waals surface area contributed by atoms with Crippen molar-refractivity contribution in [2.75, 3.05) is 77.4 Å². The molecule has 1 atom stereocenters. The zero-order chi connectivity index (χ0) is 33.6. The second-order valence-corrected chi connectivity index (χ2v) is 14.1. The first kappa shape index (κ1) is 34.5. The Labute approximate surface area is 290 Å². The van der Waals surface area contributed by atoms with E-state index in [2.05, 4.69) is 31.0 Å². The van der Waals surface area contributed by atoms with E-state index in [-0.39, 0.29) is 36.8 Å². The molecule has 0 aliphatic carbocycles. The summed E-state index contributed by atoms with van der Waals surface area (Å²) in [6.07, 6.45) is 2.80. The van der Waals surface area contributed by atoms with E-state index >= 15 is 0 Å². The molecule has 4 amide bonds. The summed E-state index contributed by atoms with van der Waals surface area (Å²) in [6.45, 7) is 7.00. The fourth-order valence-corrected chi connectivity index (χ4v) is 7.95. The number of rotatable bonds is 8. The first-order valence-corrected chi connectivity index (χ1v) is 18.0. The van der Waals surface area contributed by atoms with Gasteiger partial charge in [0.15, 0.2) is 6.10 Å². The Morgan fingerprint density at radius 1 is 0.896 bits per heavy atom. The summed E-state index contributed by atoms with van der Waals surface area (Å²) in [7, 11) is 0. The molecule has 0 aromatic heterocycles. The zero-order valence-electron chi connectivity index (χ0n) is 27.4. The number of para-hydroxylation sites is 1. The normalized spacial score (nSPS) is 21.0. The molecule has 4 heterocycles. The van der Waals surface area contributed by atoms with Gasteiger partial charge in [-0.1, -0.05) is 24.3 Å². The molecule has 3 N–H and O–H groups in total. The first-order valence-electron chi connectivity index (χ1n) is 17.2. The number of phenolic OH excluding ortho intramolecular Hbond substituents is 1. The van der Waals surface area contributed by atoms with Gasteiger partial charge in [0, 0.05) is 76.5 Å². The van der Waals surface area contributed by atoms with Gasteiger partial charge in [0.05, 0.1) is 11.1 Å².